The van der Waals surface area contributed by atoms with Crippen molar-refractivity contribution < 1.29 is 0 Å². The molecule has 0 radical (unpaired) electrons. The summed E-state index contributed by atoms with van der Waals surface area (Å²) >= 11 is 0. The molecule has 0 aromatic heterocycles. The Balaban J connectivity index is 3.51. The summed E-state index contributed by atoms with van der Waals surface area (Å²) in [6, 6.07) is 0.793. The van der Waals surface area contributed by atoms with E-state index >= 15 is 0 Å². The third kappa shape index (κ3) is 16.2. The van der Waals surface area contributed by atoms with Crippen molar-refractivity contribution in [1.29, 1.82) is 0 Å². The molecule has 0 aliphatic heterocycles. The molecule has 0 aliphatic carbocycles. The number of rotatable bonds is 17. The molecule has 1 unspecified atom stereocenters. The minimum absolute atomic E-state index is 0.793. The maximum atomic E-state index is 3.77. The first-order chi connectivity index (χ1) is 10.3. The zero-order chi connectivity index (χ0) is 15.6. The van der Waals surface area contributed by atoms with Gasteiger partial charge in [0, 0.05) is 6.04 Å². The lowest BCUT2D eigenvalue weighted by molar-refractivity contribution is 0.413. The van der Waals surface area contributed by atoms with E-state index < -0.39 is 0 Å². The van der Waals surface area contributed by atoms with Crippen LogP contribution >= 0.6 is 0 Å². The number of hydrogen-bond donors (Lipinski definition) is 1. The predicted molar refractivity (Wildman–Crippen MR) is 98.1 cm³/mol. The van der Waals surface area contributed by atoms with Crippen molar-refractivity contribution in [1.82, 2.24) is 5.32 Å². The van der Waals surface area contributed by atoms with Crippen LogP contribution in [-0.2, 0) is 0 Å². The normalized spacial score (nSPS) is 12.7. The molecule has 0 bridgehead atoms. The number of hydrogen-bond acceptors (Lipinski definition) is 1. The van der Waals surface area contributed by atoms with Crippen molar-refractivity contribution in [2.75, 3.05) is 6.54 Å². The van der Waals surface area contributed by atoms with Crippen LogP contribution in [0.5, 0.6) is 0 Å². The monoisotopic (exact) mass is 297 g/mol. The lowest BCUT2D eigenvalue weighted by Crippen LogP contribution is -2.29. The van der Waals surface area contributed by atoms with Crippen LogP contribution in [0.3, 0.4) is 0 Å². The van der Waals surface area contributed by atoms with Crippen molar-refractivity contribution in [3.63, 3.8) is 0 Å². The van der Waals surface area contributed by atoms with Crippen LogP contribution in [0.2, 0.25) is 0 Å². The van der Waals surface area contributed by atoms with Gasteiger partial charge in [-0.15, -0.1) is 0 Å². The summed E-state index contributed by atoms with van der Waals surface area (Å²) in [5.41, 5.74) is 0. The van der Waals surface area contributed by atoms with Crippen molar-refractivity contribution in [2.45, 2.75) is 123 Å². The molecular formula is C20H43N. The third-order valence-electron chi connectivity index (χ3n) is 4.50. The first-order valence-corrected chi connectivity index (χ1v) is 10.1. The van der Waals surface area contributed by atoms with E-state index in [9.17, 15) is 0 Å². The van der Waals surface area contributed by atoms with Gasteiger partial charge in [0.05, 0.1) is 0 Å². The molecule has 1 N–H and O–H groups in total. The highest BCUT2D eigenvalue weighted by Gasteiger charge is 2.06. The van der Waals surface area contributed by atoms with Gasteiger partial charge in [-0.3, -0.25) is 0 Å². The average Bonchev–Trinajstić information content (AvgIpc) is 2.50. The van der Waals surface area contributed by atoms with Crippen molar-refractivity contribution >= 4 is 0 Å². The summed E-state index contributed by atoms with van der Waals surface area (Å²) in [5, 5.41) is 3.77. The van der Waals surface area contributed by atoms with Crippen LogP contribution in [-0.4, -0.2) is 12.6 Å². The van der Waals surface area contributed by atoms with Crippen LogP contribution in [0.15, 0.2) is 0 Å². The Labute approximate surface area is 135 Å². The SMILES string of the molecule is CCCCCCCCCCC(CCCCCC)NCCC. The minimum Gasteiger partial charge on any atom is -0.314 e. The van der Waals surface area contributed by atoms with Crippen LogP contribution < -0.4 is 5.32 Å². The Morgan fingerprint density at radius 2 is 0.952 bits per heavy atom. The number of unbranched alkanes of at least 4 members (excludes halogenated alkanes) is 10. The number of nitrogens with one attached hydrogen (secondary N) is 1. The van der Waals surface area contributed by atoms with E-state index in [-0.39, 0.29) is 0 Å². The Bertz CT molecular complexity index is 179. The highest BCUT2D eigenvalue weighted by Crippen LogP contribution is 2.14. The van der Waals surface area contributed by atoms with Gasteiger partial charge in [-0.1, -0.05) is 97.8 Å². The maximum absolute atomic E-state index is 3.77. The van der Waals surface area contributed by atoms with Crippen molar-refractivity contribution in [2.24, 2.45) is 0 Å². The fourth-order valence-electron chi connectivity index (χ4n) is 3.04. The Morgan fingerprint density at radius 1 is 0.524 bits per heavy atom. The fraction of sp³-hybridized carbons (Fsp3) is 1.00. The first kappa shape index (κ1) is 21.0. The summed E-state index contributed by atoms with van der Waals surface area (Å²) < 4.78 is 0. The van der Waals surface area contributed by atoms with Gasteiger partial charge in [-0.2, -0.15) is 0 Å². The van der Waals surface area contributed by atoms with Gasteiger partial charge in [0.15, 0.2) is 0 Å². The highest BCUT2D eigenvalue weighted by molar-refractivity contribution is 4.67. The van der Waals surface area contributed by atoms with Crippen molar-refractivity contribution in [3.05, 3.63) is 0 Å². The molecule has 0 aliphatic rings. The molecule has 0 heterocycles. The topological polar surface area (TPSA) is 12.0 Å². The largest absolute Gasteiger partial charge is 0.314 e. The zero-order valence-electron chi connectivity index (χ0n) is 15.4. The maximum Gasteiger partial charge on any atom is 0.00670 e. The lowest BCUT2D eigenvalue weighted by atomic mass is 10.00. The summed E-state index contributed by atoms with van der Waals surface area (Å²) in [6.07, 6.45) is 21.2. The molecule has 0 aromatic carbocycles. The van der Waals surface area contributed by atoms with Crippen LogP contribution in [0.25, 0.3) is 0 Å². The van der Waals surface area contributed by atoms with E-state index in [4.69, 9.17) is 0 Å². The smallest absolute Gasteiger partial charge is 0.00670 e. The van der Waals surface area contributed by atoms with Crippen LogP contribution in [0, 0.1) is 0 Å². The molecule has 0 fully saturated rings. The van der Waals surface area contributed by atoms with Gasteiger partial charge in [0.25, 0.3) is 0 Å². The second-order valence-electron chi connectivity index (χ2n) is 6.76. The quantitative estimate of drug-likeness (QED) is 0.289. The molecule has 21 heavy (non-hydrogen) atoms. The molecule has 1 atom stereocenters. The van der Waals surface area contributed by atoms with Gasteiger partial charge < -0.3 is 5.32 Å². The standard InChI is InChI=1S/C20H43N/c1-4-7-9-11-12-13-14-16-18-20(21-19-6-3)17-15-10-8-5-2/h20-21H,4-19H2,1-3H3. The fourth-order valence-corrected chi connectivity index (χ4v) is 3.04. The molecule has 0 amide bonds. The molecule has 128 valence electrons. The Hall–Kier alpha value is -0.0400. The molecule has 0 aromatic rings. The predicted octanol–water partition coefficient (Wildman–Crippen LogP) is 6.86. The second kappa shape index (κ2) is 18.0. The van der Waals surface area contributed by atoms with E-state index in [1.165, 1.54) is 103 Å². The van der Waals surface area contributed by atoms with Gasteiger partial charge in [-0.05, 0) is 25.8 Å². The second-order valence-corrected chi connectivity index (χ2v) is 6.76. The molecule has 0 saturated carbocycles. The van der Waals surface area contributed by atoms with E-state index in [0.717, 1.165) is 6.04 Å². The summed E-state index contributed by atoms with van der Waals surface area (Å²) in [6.45, 7) is 8.07. The zero-order valence-corrected chi connectivity index (χ0v) is 15.4. The third-order valence-corrected chi connectivity index (χ3v) is 4.50. The molecular weight excluding hydrogens is 254 g/mol. The summed E-state index contributed by atoms with van der Waals surface area (Å²) in [4.78, 5) is 0. The van der Waals surface area contributed by atoms with Gasteiger partial charge in [-0.25, -0.2) is 0 Å². The summed E-state index contributed by atoms with van der Waals surface area (Å²) in [7, 11) is 0. The average molecular weight is 298 g/mol. The first-order valence-electron chi connectivity index (χ1n) is 10.1. The molecule has 0 saturated heterocycles. The van der Waals surface area contributed by atoms with Gasteiger partial charge in [0.1, 0.15) is 0 Å². The van der Waals surface area contributed by atoms with Gasteiger partial charge in [0.2, 0.25) is 0 Å². The highest BCUT2D eigenvalue weighted by atomic mass is 14.9. The van der Waals surface area contributed by atoms with E-state index in [1.807, 2.05) is 0 Å². The molecule has 1 heteroatoms. The van der Waals surface area contributed by atoms with Gasteiger partial charge >= 0.3 is 0 Å². The molecule has 0 rings (SSSR count). The Kier molecular flexibility index (Phi) is 18.0. The van der Waals surface area contributed by atoms with E-state index in [2.05, 4.69) is 26.1 Å². The molecule has 0 spiro atoms. The Morgan fingerprint density at radius 3 is 1.43 bits per heavy atom. The minimum atomic E-state index is 0.793. The summed E-state index contributed by atoms with van der Waals surface area (Å²) in [5.74, 6) is 0. The van der Waals surface area contributed by atoms with Crippen LogP contribution in [0.4, 0.5) is 0 Å². The van der Waals surface area contributed by atoms with E-state index in [1.54, 1.807) is 0 Å². The van der Waals surface area contributed by atoms with Crippen molar-refractivity contribution in [3.8, 4) is 0 Å². The molecule has 1 nitrogen and oxygen atoms in total. The lowest BCUT2D eigenvalue weighted by Gasteiger charge is -2.18. The van der Waals surface area contributed by atoms with Crippen LogP contribution in [0.1, 0.15) is 117 Å². The van der Waals surface area contributed by atoms with E-state index in [0.29, 0.717) is 0 Å².